The Bertz CT molecular complexity index is 340. The molecule has 2 N–H and O–H groups in total. The van der Waals surface area contributed by atoms with Crippen molar-refractivity contribution >= 4 is 23.3 Å². The number of nitrogens with one attached hydrogen (secondary N) is 1. The Morgan fingerprint density at radius 1 is 1.62 bits per heavy atom. The van der Waals surface area contributed by atoms with Gasteiger partial charge in [-0.2, -0.15) is 0 Å². The summed E-state index contributed by atoms with van der Waals surface area (Å²) in [7, 11) is 0. The summed E-state index contributed by atoms with van der Waals surface area (Å²) in [6, 6.07) is 5.59. The van der Waals surface area contributed by atoms with Crippen molar-refractivity contribution in [2.24, 2.45) is 0 Å². The second-order valence-corrected chi connectivity index (χ2v) is 3.04. The van der Waals surface area contributed by atoms with Gasteiger partial charge in [0.05, 0.1) is 12.3 Å². The molecule has 68 valence electrons. The first kappa shape index (κ1) is 8.47. The van der Waals surface area contributed by atoms with Crippen molar-refractivity contribution < 1.29 is 9.84 Å². The third-order valence-corrected chi connectivity index (χ3v) is 2.18. The molecule has 0 radical (unpaired) electrons. The van der Waals surface area contributed by atoms with Crippen molar-refractivity contribution in [3.05, 3.63) is 23.8 Å². The number of anilines is 1. The Kier molecular flexibility index (Phi) is 2.16. The molecule has 0 aliphatic carbocycles. The summed E-state index contributed by atoms with van der Waals surface area (Å²) in [5.74, 6) is 0.705. The van der Waals surface area contributed by atoms with Crippen LogP contribution in [0.25, 0.3) is 0 Å². The lowest BCUT2D eigenvalue weighted by atomic mass is 10.2. The number of aliphatic hydroxyl groups excluding tert-OH is 1. The van der Waals surface area contributed by atoms with Gasteiger partial charge in [-0.1, -0.05) is 24.4 Å². The zero-order valence-corrected chi connectivity index (χ0v) is 7.67. The first-order chi connectivity index (χ1) is 6.35. The van der Waals surface area contributed by atoms with Gasteiger partial charge in [0.25, 0.3) is 0 Å². The van der Waals surface area contributed by atoms with E-state index in [0.717, 1.165) is 11.3 Å². The van der Waals surface area contributed by atoms with Crippen molar-refractivity contribution in [3.8, 4) is 5.75 Å². The van der Waals surface area contributed by atoms with E-state index >= 15 is 0 Å². The molecule has 0 saturated heterocycles. The van der Waals surface area contributed by atoms with Gasteiger partial charge in [0, 0.05) is 10.9 Å². The van der Waals surface area contributed by atoms with Crippen LogP contribution in [0.5, 0.6) is 5.75 Å². The van der Waals surface area contributed by atoms with Crippen LogP contribution in [0.1, 0.15) is 5.56 Å². The average molecular weight is 195 g/mol. The first-order valence-electron chi connectivity index (χ1n) is 3.96. The van der Waals surface area contributed by atoms with Gasteiger partial charge in [0.1, 0.15) is 0 Å². The number of hydrogen-bond acceptors (Lipinski definition) is 4. The Morgan fingerprint density at radius 2 is 2.46 bits per heavy atom. The van der Waals surface area contributed by atoms with Gasteiger partial charge in [-0.3, -0.25) is 0 Å². The third kappa shape index (κ3) is 1.38. The lowest BCUT2D eigenvalue weighted by molar-refractivity contribution is 0.266. The Balaban J connectivity index is 2.38. The number of fused-ring (bicyclic) bond motifs is 1. The van der Waals surface area contributed by atoms with E-state index in [-0.39, 0.29) is 12.8 Å². The minimum Gasteiger partial charge on any atom is -0.464 e. The molecule has 0 amide bonds. The summed E-state index contributed by atoms with van der Waals surface area (Å²) in [5.41, 5.74) is 1.67. The van der Waals surface area contributed by atoms with E-state index in [9.17, 15) is 0 Å². The molecule has 1 aromatic carbocycles. The highest BCUT2D eigenvalue weighted by atomic mass is 32.1. The van der Waals surface area contributed by atoms with Gasteiger partial charge in [0.15, 0.2) is 12.0 Å². The largest absolute Gasteiger partial charge is 0.464 e. The molecular formula is C9H9NO2S. The normalized spacial score (nSPS) is 18.7. The predicted molar refractivity (Wildman–Crippen MR) is 54.1 cm³/mol. The van der Waals surface area contributed by atoms with Crippen LogP contribution >= 0.6 is 12.2 Å². The van der Waals surface area contributed by atoms with Crippen molar-refractivity contribution in [3.63, 3.8) is 0 Å². The first-order valence-corrected chi connectivity index (χ1v) is 4.43. The predicted octanol–water partition coefficient (Wildman–Crippen LogP) is 1.31. The van der Waals surface area contributed by atoms with Gasteiger partial charge >= 0.3 is 0 Å². The molecule has 1 unspecified atom stereocenters. The van der Waals surface area contributed by atoms with Gasteiger partial charge in [0.2, 0.25) is 0 Å². The number of ether oxygens (including phenoxy) is 1. The van der Waals surface area contributed by atoms with Gasteiger partial charge in [-0.15, -0.1) is 0 Å². The van der Waals surface area contributed by atoms with E-state index in [1.165, 1.54) is 5.37 Å². The summed E-state index contributed by atoms with van der Waals surface area (Å²) in [5, 5.41) is 13.6. The van der Waals surface area contributed by atoms with Gasteiger partial charge < -0.3 is 15.2 Å². The maximum atomic E-state index is 9.02. The number of para-hydroxylation sites is 1. The fourth-order valence-electron chi connectivity index (χ4n) is 1.33. The van der Waals surface area contributed by atoms with E-state index < -0.39 is 0 Å². The lowest BCUT2D eigenvalue weighted by Gasteiger charge is -2.04. The van der Waals surface area contributed by atoms with Crippen LogP contribution in [0.2, 0.25) is 0 Å². The highest BCUT2D eigenvalue weighted by Gasteiger charge is 2.21. The Labute approximate surface area is 81.3 Å². The lowest BCUT2D eigenvalue weighted by Crippen LogP contribution is -2.20. The van der Waals surface area contributed by atoms with Crippen molar-refractivity contribution in [1.29, 1.82) is 0 Å². The Morgan fingerprint density at radius 3 is 3.15 bits per heavy atom. The molecule has 1 aliphatic heterocycles. The molecule has 0 aromatic heterocycles. The minimum atomic E-state index is -0.252. The fourth-order valence-corrected chi connectivity index (χ4v) is 1.46. The molecule has 0 bridgehead atoms. The zero-order chi connectivity index (χ0) is 9.26. The van der Waals surface area contributed by atoms with Gasteiger partial charge in [-0.05, 0) is 6.07 Å². The summed E-state index contributed by atoms with van der Waals surface area (Å²) >= 11 is 4.76. The zero-order valence-electron chi connectivity index (χ0n) is 6.86. The minimum absolute atomic E-state index is 0.0188. The van der Waals surface area contributed by atoms with Crippen molar-refractivity contribution in [2.75, 3.05) is 5.32 Å². The highest BCUT2D eigenvalue weighted by Crippen LogP contribution is 2.34. The van der Waals surface area contributed by atoms with Crippen LogP contribution in [0.4, 0.5) is 5.69 Å². The fraction of sp³-hybridized carbons (Fsp3) is 0.222. The smallest absolute Gasteiger partial charge is 0.199 e. The molecule has 0 fully saturated rings. The molecule has 0 saturated carbocycles. The van der Waals surface area contributed by atoms with Gasteiger partial charge in [-0.25, -0.2) is 0 Å². The summed E-state index contributed by atoms with van der Waals surface area (Å²) in [4.78, 5) is 0. The number of benzene rings is 1. The van der Waals surface area contributed by atoms with E-state index in [1.54, 1.807) is 0 Å². The molecule has 1 heterocycles. The standard InChI is InChI=1S/C9H9NO2S/c11-4-6-2-1-3-7-9(6)12-8(5-13)10-7/h1-3,5,8,10-11H,4H2. The molecule has 4 heteroatoms. The Hall–Kier alpha value is -1.13. The molecule has 13 heavy (non-hydrogen) atoms. The molecule has 0 spiro atoms. The molecule has 1 aromatic rings. The maximum absolute atomic E-state index is 9.02. The molecule has 1 aliphatic rings. The van der Waals surface area contributed by atoms with Crippen molar-refractivity contribution in [1.82, 2.24) is 0 Å². The van der Waals surface area contributed by atoms with Crippen LogP contribution in [0.15, 0.2) is 18.2 Å². The number of thiocarbonyl (C=S) groups is 1. The quantitative estimate of drug-likeness (QED) is 0.698. The van der Waals surface area contributed by atoms with E-state index in [0.29, 0.717) is 5.75 Å². The van der Waals surface area contributed by atoms with E-state index in [4.69, 9.17) is 22.1 Å². The average Bonchev–Trinajstić information content (AvgIpc) is 2.59. The molecular weight excluding hydrogens is 186 g/mol. The highest BCUT2D eigenvalue weighted by molar-refractivity contribution is 7.79. The molecule has 1 atom stereocenters. The molecule has 2 rings (SSSR count). The third-order valence-electron chi connectivity index (χ3n) is 1.93. The second-order valence-electron chi connectivity index (χ2n) is 2.77. The van der Waals surface area contributed by atoms with Crippen LogP contribution in [-0.2, 0) is 6.61 Å². The SMILES string of the molecule is OCc1cccc2c1OC(C=S)N2. The van der Waals surface area contributed by atoms with E-state index in [2.05, 4.69) is 5.32 Å². The van der Waals surface area contributed by atoms with Crippen LogP contribution in [-0.4, -0.2) is 16.7 Å². The second kappa shape index (κ2) is 3.32. The summed E-state index contributed by atoms with van der Waals surface area (Å²) in [6.45, 7) is -0.0188. The van der Waals surface area contributed by atoms with Crippen LogP contribution in [0.3, 0.4) is 0 Å². The van der Waals surface area contributed by atoms with Crippen LogP contribution in [0, 0.1) is 0 Å². The summed E-state index contributed by atoms with van der Waals surface area (Å²) < 4.78 is 5.45. The maximum Gasteiger partial charge on any atom is 0.199 e. The van der Waals surface area contributed by atoms with Crippen LogP contribution < -0.4 is 10.1 Å². The monoisotopic (exact) mass is 195 g/mol. The number of hydrogen-bond donors (Lipinski definition) is 2. The number of rotatable bonds is 2. The number of aliphatic hydroxyl groups is 1. The molecule has 3 nitrogen and oxygen atoms in total. The topological polar surface area (TPSA) is 41.5 Å². The van der Waals surface area contributed by atoms with Crippen molar-refractivity contribution in [2.45, 2.75) is 12.8 Å². The summed E-state index contributed by atoms with van der Waals surface area (Å²) in [6.07, 6.45) is -0.252. The van der Waals surface area contributed by atoms with E-state index in [1.807, 2.05) is 18.2 Å².